The molecule has 0 aliphatic carbocycles. The summed E-state index contributed by atoms with van der Waals surface area (Å²) < 4.78 is 41.3. The highest BCUT2D eigenvalue weighted by atomic mass is 79.9. The minimum atomic E-state index is -4.55. The van der Waals surface area contributed by atoms with Crippen LogP contribution in [0.1, 0.15) is 0 Å². The molecular formula is C9H5Br3F3NO2. The number of amides is 1. The standard InChI is InChI=1S/C9H5Br3F3NO2/c10-4-1-5(11)7(6(12)2-4)16-8(17)18-3-9(13,14)15/h1-2H,3H2,(H,16,17). The van der Waals surface area contributed by atoms with E-state index >= 15 is 0 Å². The van der Waals surface area contributed by atoms with Crippen LogP contribution in [0.15, 0.2) is 25.6 Å². The molecule has 18 heavy (non-hydrogen) atoms. The molecule has 0 atom stereocenters. The number of ether oxygens (including phenoxy) is 1. The van der Waals surface area contributed by atoms with Gasteiger partial charge in [0.05, 0.1) is 5.69 Å². The maximum Gasteiger partial charge on any atom is 0.422 e. The first-order chi connectivity index (χ1) is 8.19. The Labute approximate surface area is 125 Å². The molecule has 0 aliphatic rings. The minimum absolute atomic E-state index is 0.283. The summed E-state index contributed by atoms with van der Waals surface area (Å²) in [7, 11) is 0. The van der Waals surface area contributed by atoms with Gasteiger partial charge in [0.2, 0.25) is 0 Å². The fourth-order valence-electron chi connectivity index (χ4n) is 0.947. The van der Waals surface area contributed by atoms with Gasteiger partial charge in [-0.3, -0.25) is 5.32 Å². The molecule has 0 aromatic heterocycles. The molecule has 100 valence electrons. The van der Waals surface area contributed by atoms with E-state index in [2.05, 4.69) is 57.8 Å². The van der Waals surface area contributed by atoms with Crippen LogP contribution in [-0.2, 0) is 4.74 Å². The van der Waals surface area contributed by atoms with Crippen molar-refractivity contribution in [3.63, 3.8) is 0 Å². The minimum Gasteiger partial charge on any atom is -0.440 e. The van der Waals surface area contributed by atoms with Gasteiger partial charge in [0, 0.05) is 13.4 Å². The molecule has 1 amide bonds. The molecule has 0 saturated heterocycles. The van der Waals surface area contributed by atoms with Crippen LogP contribution in [0, 0.1) is 0 Å². The van der Waals surface area contributed by atoms with E-state index in [1.807, 2.05) is 0 Å². The lowest BCUT2D eigenvalue weighted by Gasteiger charge is -2.11. The Hall–Kier alpha value is -0.280. The number of halogens is 6. The zero-order chi connectivity index (χ0) is 13.9. The summed E-state index contributed by atoms with van der Waals surface area (Å²) in [6.07, 6.45) is -5.73. The van der Waals surface area contributed by atoms with Crippen molar-refractivity contribution in [2.24, 2.45) is 0 Å². The van der Waals surface area contributed by atoms with Crippen molar-refractivity contribution in [1.29, 1.82) is 0 Å². The Morgan fingerprint density at radius 1 is 1.22 bits per heavy atom. The highest BCUT2D eigenvalue weighted by Crippen LogP contribution is 2.34. The van der Waals surface area contributed by atoms with Gasteiger partial charge in [-0.15, -0.1) is 0 Å². The fourth-order valence-corrected chi connectivity index (χ4v) is 3.40. The normalized spacial score (nSPS) is 11.2. The molecule has 1 aromatic rings. The Morgan fingerprint density at radius 2 is 1.72 bits per heavy atom. The van der Waals surface area contributed by atoms with Crippen LogP contribution in [0.25, 0.3) is 0 Å². The second-order valence-electron chi connectivity index (χ2n) is 3.06. The summed E-state index contributed by atoms with van der Waals surface area (Å²) in [5.41, 5.74) is 0.283. The summed E-state index contributed by atoms with van der Waals surface area (Å²) in [5, 5.41) is 2.20. The Morgan fingerprint density at radius 3 is 2.17 bits per heavy atom. The van der Waals surface area contributed by atoms with E-state index in [0.717, 1.165) is 4.47 Å². The van der Waals surface area contributed by atoms with Crippen molar-refractivity contribution < 1.29 is 22.7 Å². The SMILES string of the molecule is O=C(Nc1c(Br)cc(Br)cc1Br)OCC(F)(F)F. The number of nitrogens with one attached hydrogen (secondary N) is 1. The molecule has 0 spiro atoms. The van der Waals surface area contributed by atoms with E-state index in [4.69, 9.17) is 0 Å². The number of hydrogen-bond acceptors (Lipinski definition) is 2. The van der Waals surface area contributed by atoms with Gasteiger partial charge in [-0.1, -0.05) is 15.9 Å². The van der Waals surface area contributed by atoms with Crippen LogP contribution in [0.2, 0.25) is 0 Å². The lowest BCUT2D eigenvalue weighted by atomic mass is 10.3. The number of carbonyl (C=O) groups is 1. The predicted octanol–water partition coefficient (Wildman–Crippen LogP) is 5.08. The third-order valence-electron chi connectivity index (χ3n) is 1.60. The lowest BCUT2D eigenvalue weighted by Crippen LogP contribution is -2.23. The van der Waals surface area contributed by atoms with Crippen molar-refractivity contribution >= 4 is 59.6 Å². The lowest BCUT2D eigenvalue weighted by molar-refractivity contribution is -0.159. The molecule has 9 heteroatoms. The van der Waals surface area contributed by atoms with Gasteiger partial charge >= 0.3 is 12.3 Å². The fraction of sp³-hybridized carbons (Fsp3) is 0.222. The zero-order valence-electron chi connectivity index (χ0n) is 8.45. The number of anilines is 1. The van der Waals surface area contributed by atoms with Crippen molar-refractivity contribution in [2.75, 3.05) is 11.9 Å². The quantitative estimate of drug-likeness (QED) is 0.675. The van der Waals surface area contributed by atoms with Gasteiger partial charge in [0.25, 0.3) is 0 Å². The van der Waals surface area contributed by atoms with Crippen LogP contribution in [-0.4, -0.2) is 18.9 Å². The Bertz CT molecular complexity index is 442. The number of hydrogen-bond donors (Lipinski definition) is 1. The third kappa shape index (κ3) is 5.15. The van der Waals surface area contributed by atoms with E-state index in [0.29, 0.717) is 8.95 Å². The molecule has 1 N–H and O–H groups in total. The third-order valence-corrected chi connectivity index (χ3v) is 3.31. The number of carbonyl (C=O) groups excluding carboxylic acids is 1. The second-order valence-corrected chi connectivity index (χ2v) is 5.69. The topological polar surface area (TPSA) is 38.3 Å². The first-order valence-corrected chi connectivity index (χ1v) is 6.72. The van der Waals surface area contributed by atoms with E-state index < -0.39 is 18.9 Å². The van der Waals surface area contributed by atoms with Gasteiger partial charge in [-0.25, -0.2) is 4.79 Å². The molecule has 1 rings (SSSR count). The molecule has 0 saturated carbocycles. The van der Waals surface area contributed by atoms with Crippen LogP contribution in [0.4, 0.5) is 23.7 Å². The van der Waals surface area contributed by atoms with Crippen LogP contribution in [0.3, 0.4) is 0 Å². The number of benzene rings is 1. The number of rotatable bonds is 2. The van der Waals surface area contributed by atoms with E-state index in [1.54, 1.807) is 12.1 Å². The van der Waals surface area contributed by atoms with Gasteiger partial charge < -0.3 is 4.74 Å². The first kappa shape index (κ1) is 15.8. The molecule has 0 bridgehead atoms. The first-order valence-electron chi connectivity index (χ1n) is 4.34. The maximum absolute atomic E-state index is 11.8. The van der Waals surface area contributed by atoms with Gasteiger partial charge in [0.1, 0.15) is 0 Å². The highest BCUT2D eigenvalue weighted by Gasteiger charge is 2.29. The van der Waals surface area contributed by atoms with Crippen molar-refractivity contribution in [3.05, 3.63) is 25.6 Å². The molecule has 0 fully saturated rings. The van der Waals surface area contributed by atoms with Crippen molar-refractivity contribution in [1.82, 2.24) is 0 Å². The molecule has 0 aliphatic heterocycles. The molecule has 0 radical (unpaired) electrons. The van der Waals surface area contributed by atoms with E-state index in [1.165, 1.54) is 0 Å². The summed E-state index contributed by atoms with van der Waals surface area (Å²) in [6.45, 7) is -1.63. The van der Waals surface area contributed by atoms with E-state index in [9.17, 15) is 18.0 Å². The monoisotopic (exact) mass is 453 g/mol. The molecular weight excluding hydrogens is 451 g/mol. The molecule has 3 nitrogen and oxygen atoms in total. The summed E-state index contributed by atoms with van der Waals surface area (Å²) in [4.78, 5) is 11.2. The molecule has 0 heterocycles. The van der Waals surface area contributed by atoms with Crippen LogP contribution in [0.5, 0.6) is 0 Å². The zero-order valence-corrected chi connectivity index (χ0v) is 13.2. The van der Waals surface area contributed by atoms with Gasteiger partial charge in [-0.05, 0) is 44.0 Å². The van der Waals surface area contributed by atoms with Crippen LogP contribution < -0.4 is 5.32 Å². The molecule has 1 aromatic carbocycles. The Kier molecular flexibility index (Phi) is 5.47. The Balaban J connectivity index is 2.71. The van der Waals surface area contributed by atoms with Crippen molar-refractivity contribution in [2.45, 2.75) is 6.18 Å². The van der Waals surface area contributed by atoms with Gasteiger partial charge in [0.15, 0.2) is 6.61 Å². The average molecular weight is 456 g/mol. The average Bonchev–Trinajstić information content (AvgIpc) is 2.19. The highest BCUT2D eigenvalue weighted by molar-refractivity contribution is 9.11. The number of alkyl halides is 3. The smallest absolute Gasteiger partial charge is 0.422 e. The van der Waals surface area contributed by atoms with E-state index in [-0.39, 0.29) is 5.69 Å². The second kappa shape index (κ2) is 6.25. The summed E-state index contributed by atoms with van der Waals surface area (Å²) >= 11 is 9.55. The summed E-state index contributed by atoms with van der Waals surface area (Å²) in [6, 6.07) is 3.26. The van der Waals surface area contributed by atoms with Crippen molar-refractivity contribution in [3.8, 4) is 0 Å². The molecule has 0 unspecified atom stereocenters. The van der Waals surface area contributed by atoms with Crippen LogP contribution >= 0.6 is 47.8 Å². The summed E-state index contributed by atoms with van der Waals surface area (Å²) in [5.74, 6) is 0. The largest absolute Gasteiger partial charge is 0.440 e. The maximum atomic E-state index is 11.8. The predicted molar refractivity (Wildman–Crippen MR) is 70.6 cm³/mol. The van der Waals surface area contributed by atoms with Gasteiger partial charge in [-0.2, -0.15) is 13.2 Å².